The third kappa shape index (κ3) is 3.72. The van der Waals surface area contributed by atoms with Gasteiger partial charge in [0.1, 0.15) is 0 Å². The average Bonchev–Trinajstić information content (AvgIpc) is 3.96. The maximum absolute atomic E-state index is 5.37. The summed E-state index contributed by atoms with van der Waals surface area (Å²) >= 11 is 0. The van der Waals surface area contributed by atoms with Crippen molar-refractivity contribution < 1.29 is 0 Å². The second-order valence-corrected chi connectivity index (χ2v) is 15.2. The molecule has 3 heterocycles. The largest absolute Gasteiger partial charge is 0.277 e. The van der Waals surface area contributed by atoms with Crippen molar-refractivity contribution in [3.63, 3.8) is 0 Å². The number of imidazole rings is 2. The topological polar surface area (TPSA) is 21.7 Å². The van der Waals surface area contributed by atoms with E-state index in [0.29, 0.717) is 0 Å². The van der Waals surface area contributed by atoms with Crippen molar-refractivity contribution in [2.45, 2.75) is 5.41 Å². The van der Waals surface area contributed by atoms with Gasteiger partial charge in [-0.05, 0) is 109 Å². The minimum Gasteiger partial charge on any atom is -0.277 e. The minimum absolute atomic E-state index is 0.463. The van der Waals surface area contributed by atoms with E-state index in [1.165, 1.54) is 93.4 Å². The van der Waals surface area contributed by atoms with E-state index in [0.717, 1.165) is 16.8 Å². The highest BCUT2D eigenvalue weighted by molar-refractivity contribution is 6.20. The Morgan fingerprint density at radius 2 is 0.982 bits per heavy atom. The van der Waals surface area contributed by atoms with Crippen molar-refractivity contribution in [3.05, 3.63) is 210 Å². The van der Waals surface area contributed by atoms with Gasteiger partial charge in [-0.25, -0.2) is 4.98 Å². The molecule has 13 rings (SSSR count). The molecule has 3 nitrogen and oxygen atoms in total. The van der Waals surface area contributed by atoms with Gasteiger partial charge in [0.15, 0.2) is 0 Å². The Morgan fingerprint density at radius 1 is 0.382 bits per heavy atom. The Hall–Kier alpha value is -7.23. The molecule has 3 aromatic heterocycles. The Morgan fingerprint density at radius 3 is 1.71 bits per heavy atom. The van der Waals surface area contributed by atoms with Crippen molar-refractivity contribution in [2.24, 2.45) is 0 Å². The molecule has 3 heteroatoms. The number of benzene rings is 9. The Labute approximate surface area is 316 Å². The second-order valence-electron chi connectivity index (χ2n) is 15.2. The summed E-state index contributed by atoms with van der Waals surface area (Å²) in [5.74, 6) is 0.948. The summed E-state index contributed by atoms with van der Waals surface area (Å²) in [4.78, 5) is 5.37. The second kappa shape index (κ2) is 10.5. The molecule has 0 N–H and O–H groups in total. The molecule has 0 saturated carbocycles. The third-order valence-corrected chi connectivity index (χ3v) is 12.4. The van der Waals surface area contributed by atoms with Crippen LogP contribution in [0.5, 0.6) is 0 Å². The van der Waals surface area contributed by atoms with E-state index in [1.807, 2.05) is 0 Å². The van der Waals surface area contributed by atoms with Gasteiger partial charge in [-0.3, -0.25) is 8.80 Å². The van der Waals surface area contributed by atoms with E-state index >= 15 is 0 Å². The lowest BCUT2D eigenvalue weighted by atomic mass is 9.67. The molecular weight excluding hydrogens is 667 g/mol. The molecule has 0 spiro atoms. The molecule has 0 fully saturated rings. The molecule has 0 atom stereocenters. The number of aromatic nitrogens is 3. The Bertz CT molecular complexity index is 3500. The predicted octanol–water partition coefficient (Wildman–Crippen LogP) is 12.8. The molecule has 0 bridgehead atoms. The molecule has 0 saturated heterocycles. The standard InChI is InChI=1S/C52H31N3/c1-3-17-38(18-4-1)52(39-19-5-2-6-20-39)44-22-12-11-21-40(44)41-24-23-36(27-45(41)52)37-26-43-42-25-32-13-7-9-15-34(32)29-47(42)55-50(43)49(31-37)54-48-30-35-16-10-8-14-33(35)28-46(48)53-51(54)55/h1-31H. The number of nitrogens with zero attached hydrogens (tertiary/aromatic N) is 3. The van der Waals surface area contributed by atoms with Crippen LogP contribution < -0.4 is 0 Å². The average molecular weight is 698 g/mol. The van der Waals surface area contributed by atoms with E-state index in [-0.39, 0.29) is 0 Å². The van der Waals surface area contributed by atoms with E-state index in [1.54, 1.807) is 0 Å². The Balaban J connectivity index is 1.16. The first-order valence-corrected chi connectivity index (χ1v) is 19.0. The van der Waals surface area contributed by atoms with Crippen LogP contribution in [-0.4, -0.2) is 13.8 Å². The van der Waals surface area contributed by atoms with Crippen molar-refractivity contribution in [2.75, 3.05) is 0 Å². The normalized spacial score (nSPS) is 13.6. The molecular formula is C52H31N3. The quantitative estimate of drug-likeness (QED) is 0.180. The third-order valence-electron chi connectivity index (χ3n) is 12.4. The molecule has 0 aliphatic heterocycles. The van der Waals surface area contributed by atoms with Crippen molar-refractivity contribution in [1.29, 1.82) is 0 Å². The fourth-order valence-corrected chi connectivity index (χ4v) is 10.1. The van der Waals surface area contributed by atoms with Crippen LogP contribution in [0.4, 0.5) is 0 Å². The first-order chi connectivity index (χ1) is 27.3. The zero-order valence-corrected chi connectivity index (χ0v) is 29.7. The van der Waals surface area contributed by atoms with Crippen molar-refractivity contribution in [3.8, 4) is 22.3 Å². The van der Waals surface area contributed by atoms with Crippen LogP contribution in [0.25, 0.3) is 87.9 Å². The highest BCUT2D eigenvalue weighted by atomic mass is 15.2. The number of hydrogen-bond acceptors (Lipinski definition) is 1. The highest BCUT2D eigenvalue weighted by Gasteiger charge is 2.46. The van der Waals surface area contributed by atoms with Gasteiger partial charge >= 0.3 is 0 Å². The molecule has 254 valence electrons. The molecule has 0 unspecified atom stereocenters. The van der Waals surface area contributed by atoms with Crippen LogP contribution in [0.2, 0.25) is 0 Å². The molecule has 55 heavy (non-hydrogen) atoms. The van der Waals surface area contributed by atoms with Gasteiger partial charge in [0.25, 0.3) is 0 Å². The summed E-state index contributed by atoms with van der Waals surface area (Å²) < 4.78 is 4.79. The molecule has 1 aliphatic rings. The molecule has 12 aromatic rings. The number of rotatable bonds is 3. The van der Waals surface area contributed by atoms with E-state index in [2.05, 4.69) is 197 Å². The lowest BCUT2D eigenvalue weighted by Gasteiger charge is -2.34. The van der Waals surface area contributed by atoms with Gasteiger partial charge in [0, 0.05) is 10.8 Å². The van der Waals surface area contributed by atoms with Crippen LogP contribution >= 0.6 is 0 Å². The lowest BCUT2D eigenvalue weighted by molar-refractivity contribution is 0.769. The fraction of sp³-hybridized carbons (Fsp3) is 0.0192. The van der Waals surface area contributed by atoms with Crippen LogP contribution in [0.3, 0.4) is 0 Å². The van der Waals surface area contributed by atoms with Crippen LogP contribution in [0.15, 0.2) is 188 Å². The zero-order chi connectivity index (χ0) is 35.8. The van der Waals surface area contributed by atoms with Gasteiger partial charge in [-0.15, -0.1) is 0 Å². The summed E-state index contributed by atoms with van der Waals surface area (Å²) in [6.45, 7) is 0. The minimum atomic E-state index is -0.463. The van der Waals surface area contributed by atoms with E-state index in [4.69, 9.17) is 4.98 Å². The molecule has 9 aromatic carbocycles. The van der Waals surface area contributed by atoms with Gasteiger partial charge in [0.05, 0.1) is 33.0 Å². The van der Waals surface area contributed by atoms with E-state index in [9.17, 15) is 0 Å². The molecule has 0 amide bonds. The predicted molar refractivity (Wildman–Crippen MR) is 228 cm³/mol. The molecule has 1 aliphatic carbocycles. The number of fused-ring (bicyclic) bond motifs is 13. The fourth-order valence-electron chi connectivity index (χ4n) is 10.1. The van der Waals surface area contributed by atoms with Gasteiger partial charge in [-0.2, -0.15) is 0 Å². The first kappa shape index (κ1) is 29.2. The summed E-state index contributed by atoms with van der Waals surface area (Å²) in [5.41, 5.74) is 15.4. The maximum Gasteiger partial charge on any atom is 0.220 e. The summed E-state index contributed by atoms with van der Waals surface area (Å²) in [6, 6.07) is 69.7. The monoisotopic (exact) mass is 697 g/mol. The van der Waals surface area contributed by atoms with Gasteiger partial charge in [-0.1, -0.05) is 146 Å². The van der Waals surface area contributed by atoms with Gasteiger partial charge in [0.2, 0.25) is 5.78 Å². The maximum atomic E-state index is 5.37. The van der Waals surface area contributed by atoms with Gasteiger partial charge < -0.3 is 0 Å². The van der Waals surface area contributed by atoms with Crippen LogP contribution in [0, 0.1) is 0 Å². The van der Waals surface area contributed by atoms with Crippen molar-refractivity contribution >= 4 is 65.7 Å². The summed E-state index contributed by atoms with van der Waals surface area (Å²) in [7, 11) is 0. The van der Waals surface area contributed by atoms with Crippen LogP contribution in [0.1, 0.15) is 22.3 Å². The van der Waals surface area contributed by atoms with E-state index < -0.39 is 5.41 Å². The smallest absolute Gasteiger partial charge is 0.220 e. The zero-order valence-electron chi connectivity index (χ0n) is 29.7. The number of hydrogen-bond donors (Lipinski definition) is 0. The van der Waals surface area contributed by atoms with Crippen LogP contribution in [-0.2, 0) is 5.41 Å². The van der Waals surface area contributed by atoms with Crippen molar-refractivity contribution in [1.82, 2.24) is 13.8 Å². The first-order valence-electron chi connectivity index (χ1n) is 19.0. The molecule has 0 radical (unpaired) electrons. The lowest BCUT2D eigenvalue weighted by Crippen LogP contribution is -2.28. The Kier molecular flexibility index (Phi) is 5.56. The highest BCUT2D eigenvalue weighted by Crippen LogP contribution is 2.57. The SMILES string of the molecule is c1ccc(C2(c3ccccc3)c3ccccc3-c3ccc(-c4cc5c6cc7ccccc7cc6n6c5c(c4)n4c5cc7ccccc7cc5nc46)cc32)cc1. The summed E-state index contributed by atoms with van der Waals surface area (Å²) in [5, 5.41) is 7.38. The summed E-state index contributed by atoms with van der Waals surface area (Å²) in [6.07, 6.45) is 0.